The van der Waals surface area contributed by atoms with Gasteiger partial charge in [-0.05, 0) is 12.3 Å². The van der Waals surface area contributed by atoms with Crippen molar-refractivity contribution in [1.29, 1.82) is 0 Å². The Morgan fingerprint density at radius 3 is 2.29 bits per heavy atom. The van der Waals surface area contributed by atoms with Gasteiger partial charge in [0.25, 0.3) is 0 Å². The van der Waals surface area contributed by atoms with Gasteiger partial charge in [-0.25, -0.2) is 0 Å². The summed E-state index contributed by atoms with van der Waals surface area (Å²) in [4.78, 5) is 8.49. The molecule has 0 aromatic carbocycles. The lowest BCUT2D eigenvalue weighted by molar-refractivity contribution is 0.814. The first-order chi connectivity index (χ1) is 6.65. The maximum Gasteiger partial charge on any atom is 0.144 e. The van der Waals surface area contributed by atoms with E-state index in [4.69, 9.17) is 7.85 Å². The minimum absolute atomic E-state index is 0.350. The van der Waals surface area contributed by atoms with Crippen LogP contribution in [0, 0.1) is 0 Å². The van der Waals surface area contributed by atoms with E-state index in [1.807, 2.05) is 20.8 Å². The SMILES string of the molecule is CC.[B]c1nc(CC)cnc1C(C)C. The highest BCUT2D eigenvalue weighted by Gasteiger charge is 2.05. The molecule has 0 N–H and O–H groups in total. The second-order valence-corrected chi connectivity index (χ2v) is 3.14. The van der Waals surface area contributed by atoms with Gasteiger partial charge < -0.3 is 0 Å². The summed E-state index contributed by atoms with van der Waals surface area (Å²) in [6.07, 6.45) is 2.68. The Kier molecular flexibility index (Phi) is 6.18. The Morgan fingerprint density at radius 1 is 1.36 bits per heavy atom. The van der Waals surface area contributed by atoms with Gasteiger partial charge >= 0.3 is 0 Å². The predicted octanol–water partition coefficient (Wildman–Crippen LogP) is 1.98. The third-order valence-electron chi connectivity index (χ3n) is 1.79. The lowest BCUT2D eigenvalue weighted by Gasteiger charge is -2.08. The largest absolute Gasteiger partial charge is 0.266 e. The van der Waals surface area contributed by atoms with Gasteiger partial charge in [0, 0.05) is 11.8 Å². The quantitative estimate of drug-likeness (QED) is 0.666. The van der Waals surface area contributed by atoms with Crippen LogP contribution in [0.5, 0.6) is 0 Å². The van der Waals surface area contributed by atoms with Crippen molar-refractivity contribution in [3.63, 3.8) is 0 Å². The molecule has 2 nitrogen and oxygen atoms in total. The minimum Gasteiger partial charge on any atom is -0.266 e. The van der Waals surface area contributed by atoms with E-state index in [0.29, 0.717) is 11.5 Å². The highest BCUT2D eigenvalue weighted by atomic mass is 14.8. The molecule has 0 fully saturated rings. The van der Waals surface area contributed by atoms with Crippen LogP contribution in [-0.4, -0.2) is 17.8 Å². The first kappa shape index (κ1) is 13.1. The molecule has 0 aliphatic carbocycles. The van der Waals surface area contributed by atoms with Crippen LogP contribution in [-0.2, 0) is 6.42 Å². The smallest absolute Gasteiger partial charge is 0.144 e. The molecule has 0 aliphatic rings. The van der Waals surface area contributed by atoms with E-state index in [-0.39, 0.29) is 0 Å². The average Bonchev–Trinajstić information content (AvgIpc) is 2.20. The lowest BCUT2D eigenvalue weighted by atomic mass is 9.95. The van der Waals surface area contributed by atoms with Crippen LogP contribution < -0.4 is 5.59 Å². The molecule has 1 heterocycles. The van der Waals surface area contributed by atoms with Crippen LogP contribution in [0.3, 0.4) is 0 Å². The summed E-state index contributed by atoms with van der Waals surface area (Å²) in [5.74, 6) is 0.350. The normalized spacial score (nSPS) is 9.57. The molecule has 1 aromatic rings. The third kappa shape index (κ3) is 3.48. The molecule has 0 saturated heterocycles. The Labute approximate surface area is 88.6 Å². The zero-order valence-electron chi connectivity index (χ0n) is 9.83. The molecule has 2 radical (unpaired) electrons. The predicted molar refractivity (Wildman–Crippen MR) is 62.2 cm³/mol. The molecule has 1 aromatic heterocycles. The number of rotatable bonds is 2. The van der Waals surface area contributed by atoms with Crippen molar-refractivity contribution in [1.82, 2.24) is 9.97 Å². The fourth-order valence-corrected chi connectivity index (χ4v) is 1.07. The zero-order valence-corrected chi connectivity index (χ0v) is 9.83. The van der Waals surface area contributed by atoms with Gasteiger partial charge in [-0.1, -0.05) is 34.6 Å². The van der Waals surface area contributed by atoms with E-state index in [2.05, 4.69) is 23.8 Å². The number of aryl methyl sites for hydroxylation is 1. The van der Waals surface area contributed by atoms with Crippen molar-refractivity contribution in [2.75, 3.05) is 0 Å². The zero-order chi connectivity index (χ0) is 11.1. The van der Waals surface area contributed by atoms with E-state index in [9.17, 15) is 0 Å². The van der Waals surface area contributed by atoms with E-state index in [0.717, 1.165) is 17.8 Å². The highest BCUT2D eigenvalue weighted by molar-refractivity contribution is 6.31. The minimum atomic E-state index is 0.350. The maximum absolute atomic E-state index is 5.72. The molecular formula is C11H19BN2. The molecule has 0 atom stereocenters. The van der Waals surface area contributed by atoms with Gasteiger partial charge in [-0.15, -0.1) is 0 Å². The summed E-state index contributed by atoms with van der Waals surface area (Å²) in [5, 5.41) is 0. The number of hydrogen-bond donors (Lipinski definition) is 0. The van der Waals surface area contributed by atoms with E-state index < -0.39 is 0 Å². The molecule has 3 heteroatoms. The van der Waals surface area contributed by atoms with Gasteiger partial charge in [-0.2, -0.15) is 0 Å². The van der Waals surface area contributed by atoms with E-state index in [1.54, 1.807) is 6.20 Å². The van der Waals surface area contributed by atoms with Gasteiger partial charge in [0.15, 0.2) is 0 Å². The highest BCUT2D eigenvalue weighted by Crippen LogP contribution is 2.06. The number of nitrogens with zero attached hydrogens (tertiary/aromatic N) is 2. The number of hydrogen-bond acceptors (Lipinski definition) is 2. The number of aromatic nitrogens is 2. The summed E-state index contributed by atoms with van der Waals surface area (Å²) < 4.78 is 0. The average molecular weight is 190 g/mol. The van der Waals surface area contributed by atoms with Crippen molar-refractivity contribution < 1.29 is 0 Å². The second kappa shape index (κ2) is 6.58. The Morgan fingerprint density at radius 2 is 1.93 bits per heavy atom. The van der Waals surface area contributed by atoms with Gasteiger partial charge in [0.1, 0.15) is 7.85 Å². The van der Waals surface area contributed by atoms with Gasteiger partial charge in [-0.3, -0.25) is 9.97 Å². The fourth-order valence-electron chi connectivity index (χ4n) is 1.07. The van der Waals surface area contributed by atoms with Crippen LogP contribution in [0.15, 0.2) is 6.20 Å². The third-order valence-corrected chi connectivity index (χ3v) is 1.79. The van der Waals surface area contributed by atoms with Crippen LogP contribution in [0.25, 0.3) is 0 Å². The van der Waals surface area contributed by atoms with E-state index in [1.165, 1.54) is 0 Å². The summed E-state index contributed by atoms with van der Waals surface area (Å²) in [7, 11) is 5.72. The van der Waals surface area contributed by atoms with Crippen molar-refractivity contribution in [3.05, 3.63) is 17.6 Å². The molecule has 0 unspecified atom stereocenters. The summed E-state index contributed by atoms with van der Waals surface area (Å²) in [5.41, 5.74) is 2.42. The Hall–Kier alpha value is -0.855. The monoisotopic (exact) mass is 190 g/mol. The molecule has 1 rings (SSSR count). The first-order valence-electron chi connectivity index (χ1n) is 5.26. The topological polar surface area (TPSA) is 25.8 Å². The molecule has 0 spiro atoms. The second-order valence-electron chi connectivity index (χ2n) is 3.14. The summed E-state index contributed by atoms with van der Waals surface area (Å²) in [6.45, 7) is 10.2. The molecule has 14 heavy (non-hydrogen) atoms. The van der Waals surface area contributed by atoms with Crippen LogP contribution in [0.1, 0.15) is 51.9 Å². The van der Waals surface area contributed by atoms with Crippen molar-refractivity contribution in [2.45, 2.75) is 47.0 Å². The fraction of sp³-hybridized carbons (Fsp3) is 0.636. The maximum atomic E-state index is 5.72. The molecule has 76 valence electrons. The molecule has 0 bridgehead atoms. The molecule has 0 amide bonds. The molecule has 0 aliphatic heterocycles. The van der Waals surface area contributed by atoms with Crippen molar-refractivity contribution >= 4 is 13.4 Å². The van der Waals surface area contributed by atoms with E-state index >= 15 is 0 Å². The lowest BCUT2D eigenvalue weighted by Crippen LogP contribution is -2.19. The van der Waals surface area contributed by atoms with Crippen LogP contribution in [0.4, 0.5) is 0 Å². The van der Waals surface area contributed by atoms with Crippen molar-refractivity contribution in [3.8, 4) is 0 Å². The van der Waals surface area contributed by atoms with Gasteiger partial charge in [0.2, 0.25) is 0 Å². The Balaban J connectivity index is 0.000000791. The molecular weight excluding hydrogens is 171 g/mol. The van der Waals surface area contributed by atoms with Crippen LogP contribution >= 0.6 is 0 Å². The molecule has 0 saturated carbocycles. The van der Waals surface area contributed by atoms with Crippen molar-refractivity contribution in [2.24, 2.45) is 0 Å². The van der Waals surface area contributed by atoms with Gasteiger partial charge in [0.05, 0.1) is 11.4 Å². The standard InChI is InChI=1S/C9H13BN2.C2H6/c1-4-7-5-11-8(6(2)3)9(10)12-7;1-2/h5-6H,4H2,1-3H3;1-2H3. The summed E-state index contributed by atoms with van der Waals surface area (Å²) in [6, 6.07) is 0. The first-order valence-corrected chi connectivity index (χ1v) is 5.26. The summed E-state index contributed by atoms with van der Waals surface area (Å²) >= 11 is 0. The Bertz CT molecular complexity index is 272. The van der Waals surface area contributed by atoms with Crippen LogP contribution in [0.2, 0.25) is 0 Å².